The van der Waals surface area contributed by atoms with E-state index in [0.29, 0.717) is 5.17 Å². The highest BCUT2D eigenvalue weighted by molar-refractivity contribution is 8.13. The van der Waals surface area contributed by atoms with Gasteiger partial charge in [0.05, 0.1) is 0 Å². The molecular weight excluding hydrogens is 156 g/mol. The minimum atomic E-state index is 0.703. The average Bonchev–Trinajstić information content (AvgIpc) is 1.97. The zero-order chi connectivity index (χ0) is 8.69. The zero-order valence-electron chi connectivity index (χ0n) is 7.63. The van der Waals surface area contributed by atoms with Gasteiger partial charge in [-0.15, -0.1) is 0 Å². The van der Waals surface area contributed by atoms with Gasteiger partial charge >= 0.3 is 0 Å². The van der Waals surface area contributed by atoms with Crippen molar-refractivity contribution in [1.82, 2.24) is 0 Å². The number of amidine groups is 1. The van der Waals surface area contributed by atoms with E-state index in [9.17, 15) is 0 Å². The van der Waals surface area contributed by atoms with Crippen molar-refractivity contribution >= 4 is 16.9 Å². The second kappa shape index (κ2) is 6.53. The maximum atomic E-state index is 5.50. The summed E-state index contributed by atoms with van der Waals surface area (Å²) in [7, 11) is 0. The molecule has 11 heavy (non-hydrogen) atoms. The molecule has 0 fully saturated rings. The Hall–Kier alpha value is -0.180. The minimum Gasteiger partial charge on any atom is -0.379 e. The predicted molar refractivity (Wildman–Crippen MR) is 54.1 cm³/mol. The van der Waals surface area contributed by atoms with Crippen LogP contribution in [0.2, 0.25) is 0 Å². The van der Waals surface area contributed by atoms with Crippen LogP contribution in [0.25, 0.3) is 0 Å². The highest BCUT2D eigenvalue weighted by Crippen LogP contribution is 2.03. The van der Waals surface area contributed by atoms with Gasteiger partial charge < -0.3 is 5.73 Å². The molecule has 0 heterocycles. The Morgan fingerprint density at radius 3 is 2.64 bits per heavy atom. The molecule has 0 atom stereocenters. The Morgan fingerprint density at radius 1 is 1.55 bits per heavy atom. The van der Waals surface area contributed by atoms with Crippen molar-refractivity contribution < 1.29 is 0 Å². The average molecular weight is 174 g/mol. The van der Waals surface area contributed by atoms with E-state index in [1.54, 1.807) is 0 Å². The first-order valence-corrected chi connectivity index (χ1v) is 5.23. The van der Waals surface area contributed by atoms with E-state index in [-0.39, 0.29) is 0 Å². The molecule has 0 aromatic rings. The van der Waals surface area contributed by atoms with E-state index in [1.165, 1.54) is 18.2 Å². The molecule has 0 rings (SSSR count). The maximum Gasteiger partial charge on any atom is 0.153 e. The lowest BCUT2D eigenvalue weighted by Crippen LogP contribution is -2.06. The van der Waals surface area contributed by atoms with Crippen LogP contribution in [0.5, 0.6) is 0 Å². The monoisotopic (exact) mass is 174 g/mol. The van der Waals surface area contributed by atoms with Gasteiger partial charge in [-0.25, -0.2) is 0 Å². The lowest BCUT2D eigenvalue weighted by molar-refractivity contribution is 0.562. The quantitative estimate of drug-likeness (QED) is 0.403. The SMILES string of the molecule is CS/C(N)=N/CCCC(C)C. The van der Waals surface area contributed by atoms with Gasteiger partial charge in [0.1, 0.15) is 0 Å². The van der Waals surface area contributed by atoms with Gasteiger partial charge in [-0.2, -0.15) is 0 Å². The van der Waals surface area contributed by atoms with Crippen molar-refractivity contribution in [3.8, 4) is 0 Å². The molecule has 0 amide bonds. The Bertz CT molecular complexity index is 121. The Morgan fingerprint density at radius 2 is 2.18 bits per heavy atom. The fraction of sp³-hybridized carbons (Fsp3) is 0.875. The van der Waals surface area contributed by atoms with Gasteiger partial charge in [-0.05, 0) is 25.0 Å². The molecule has 0 aliphatic carbocycles. The molecule has 66 valence electrons. The summed E-state index contributed by atoms with van der Waals surface area (Å²) >= 11 is 1.51. The fourth-order valence-corrected chi connectivity index (χ4v) is 0.974. The van der Waals surface area contributed by atoms with Crippen LogP contribution < -0.4 is 5.73 Å². The molecule has 0 radical (unpaired) electrons. The molecule has 0 spiro atoms. The van der Waals surface area contributed by atoms with Gasteiger partial charge in [0.25, 0.3) is 0 Å². The van der Waals surface area contributed by atoms with Gasteiger partial charge in [0.15, 0.2) is 5.17 Å². The molecule has 0 saturated heterocycles. The normalized spacial score (nSPS) is 12.5. The third-order valence-electron chi connectivity index (χ3n) is 1.42. The third kappa shape index (κ3) is 7.72. The molecule has 0 unspecified atom stereocenters. The molecule has 0 bridgehead atoms. The van der Waals surface area contributed by atoms with E-state index >= 15 is 0 Å². The number of nitrogens with zero attached hydrogens (tertiary/aromatic N) is 1. The summed E-state index contributed by atoms with van der Waals surface area (Å²) in [5, 5.41) is 0.703. The van der Waals surface area contributed by atoms with Crippen LogP contribution in [0.1, 0.15) is 26.7 Å². The van der Waals surface area contributed by atoms with Crippen molar-refractivity contribution in [1.29, 1.82) is 0 Å². The van der Waals surface area contributed by atoms with Gasteiger partial charge in [-0.1, -0.05) is 25.6 Å². The van der Waals surface area contributed by atoms with E-state index in [2.05, 4.69) is 18.8 Å². The van der Waals surface area contributed by atoms with Crippen molar-refractivity contribution in [3.63, 3.8) is 0 Å². The molecule has 2 nitrogen and oxygen atoms in total. The van der Waals surface area contributed by atoms with Crippen molar-refractivity contribution in [2.75, 3.05) is 12.8 Å². The molecule has 0 aromatic heterocycles. The number of hydrogen-bond acceptors (Lipinski definition) is 2. The van der Waals surface area contributed by atoms with Crippen molar-refractivity contribution in [2.45, 2.75) is 26.7 Å². The molecular formula is C8H18N2S. The van der Waals surface area contributed by atoms with Crippen LogP contribution in [-0.4, -0.2) is 18.0 Å². The number of hydrogen-bond donors (Lipinski definition) is 1. The van der Waals surface area contributed by atoms with Gasteiger partial charge in [0.2, 0.25) is 0 Å². The van der Waals surface area contributed by atoms with E-state index in [4.69, 9.17) is 5.73 Å². The zero-order valence-corrected chi connectivity index (χ0v) is 8.45. The van der Waals surface area contributed by atoms with Gasteiger partial charge in [0, 0.05) is 6.54 Å². The van der Waals surface area contributed by atoms with Crippen molar-refractivity contribution in [3.05, 3.63) is 0 Å². The predicted octanol–water partition coefficient (Wildman–Crippen LogP) is 2.10. The molecule has 2 N–H and O–H groups in total. The minimum absolute atomic E-state index is 0.703. The van der Waals surface area contributed by atoms with Crippen LogP contribution in [0, 0.1) is 5.92 Å². The number of nitrogens with two attached hydrogens (primary N) is 1. The second-order valence-electron chi connectivity index (χ2n) is 2.96. The first kappa shape index (κ1) is 10.8. The lowest BCUT2D eigenvalue weighted by atomic mass is 10.1. The number of aliphatic imine (C=N–C) groups is 1. The number of thioether (sulfide) groups is 1. The smallest absolute Gasteiger partial charge is 0.153 e. The summed E-state index contributed by atoms with van der Waals surface area (Å²) in [6.45, 7) is 5.33. The molecule has 0 aliphatic heterocycles. The fourth-order valence-electron chi connectivity index (χ4n) is 0.753. The summed E-state index contributed by atoms with van der Waals surface area (Å²) in [6.07, 6.45) is 4.34. The summed E-state index contributed by atoms with van der Waals surface area (Å²) in [5.74, 6) is 0.778. The largest absolute Gasteiger partial charge is 0.379 e. The highest BCUT2D eigenvalue weighted by Gasteiger charge is 1.92. The standard InChI is InChI=1S/C8H18N2S/c1-7(2)5-4-6-10-8(9)11-3/h7H,4-6H2,1-3H3,(H2,9,10). The van der Waals surface area contributed by atoms with Crippen LogP contribution in [0.15, 0.2) is 4.99 Å². The van der Waals surface area contributed by atoms with E-state index < -0.39 is 0 Å². The van der Waals surface area contributed by atoms with Crippen LogP contribution >= 0.6 is 11.8 Å². The van der Waals surface area contributed by atoms with Crippen LogP contribution in [0.3, 0.4) is 0 Å². The van der Waals surface area contributed by atoms with Crippen LogP contribution in [0.4, 0.5) is 0 Å². The summed E-state index contributed by atoms with van der Waals surface area (Å²) in [5.41, 5.74) is 5.50. The van der Waals surface area contributed by atoms with Gasteiger partial charge in [-0.3, -0.25) is 4.99 Å². The molecule has 3 heteroatoms. The summed E-state index contributed by atoms with van der Waals surface area (Å²) in [6, 6.07) is 0. The second-order valence-corrected chi connectivity index (χ2v) is 3.79. The van der Waals surface area contributed by atoms with E-state index in [0.717, 1.165) is 18.9 Å². The Balaban J connectivity index is 3.26. The molecule has 0 aliphatic rings. The molecule has 0 saturated carbocycles. The highest BCUT2D eigenvalue weighted by atomic mass is 32.2. The summed E-state index contributed by atoms with van der Waals surface area (Å²) < 4.78 is 0. The third-order valence-corrected chi connectivity index (χ3v) is 1.96. The first-order chi connectivity index (χ1) is 5.16. The Labute approximate surface area is 73.7 Å². The van der Waals surface area contributed by atoms with Crippen LogP contribution in [-0.2, 0) is 0 Å². The summed E-state index contributed by atoms with van der Waals surface area (Å²) in [4.78, 5) is 4.17. The Kier molecular flexibility index (Phi) is 6.42. The van der Waals surface area contributed by atoms with Crippen molar-refractivity contribution in [2.24, 2.45) is 16.6 Å². The van der Waals surface area contributed by atoms with E-state index in [1.807, 2.05) is 6.26 Å². The number of rotatable bonds is 4. The first-order valence-electron chi connectivity index (χ1n) is 4.00. The molecule has 0 aromatic carbocycles. The topological polar surface area (TPSA) is 38.4 Å². The maximum absolute atomic E-state index is 5.50. The lowest BCUT2D eigenvalue weighted by Gasteiger charge is -2.01.